The van der Waals surface area contributed by atoms with E-state index < -0.39 is 39.2 Å². The second-order valence-corrected chi connectivity index (χ2v) is 5.75. The standard InChI is InChI=1S/C7H11F7NO2P/c1-15-18(2,17-4-7(12,13)14)16-3-6(10,11)5(8)9/h5H,3-4H2,1-2H3. The Bertz CT molecular complexity index is 317. The van der Waals surface area contributed by atoms with Gasteiger partial charge in [-0.05, 0) is 0 Å². The summed E-state index contributed by atoms with van der Waals surface area (Å²) in [6, 6.07) is 0. The summed E-state index contributed by atoms with van der Waals surface area (Å²) < 4.78 is 96.0. The zero-order chi connectivity index (χ0) is 14.6. The van der Waals surface area contributed by atoms with Gasteiger partial charge >= 0.3 is 18.5 Å². The van der Waals surface area contributed by atoms with Crippen LogP contribution in [0, 0.1) is 0 Å². The predicted molar refractivity (Wildman–Crippen MR) is 50.1 cm³/mol. The first-order valence-electron chi connectivity index (χ1n) is 4.41. The van der Waals surface area contributed by atoms with Gasteiger partial charge in [-0.25, -0.2) is 8.78 Å². The van der Waals surface area contributed by atoms with Crippen LogP contribution in [0.4, 0.5) is 30.7 Å². The summed E-state index contributed by atoms with van der Waals surface area (Å²) in [6.07, 6.45) is -8.67. The molecule has 1 unspecified atom stereocenters. The van der Waals surface area contributed by atoms with Crippen LogP contribution in [0.25, 0.3) is 0 Å². The Morgan fingerprint density at radius 2 is 1.50 bits per heavy atom. The smallest absolute Gasteiger partial charge is 0.317 e. The van der Waals surface area contributed by atoms with Gasteiger partial charge in [-0.1, -0.05) is 0 Å². The molecule has 0 bridgehead atoms. The molecule has 0 aromatic heterocycles. The molecule has 0 rings (SSSR count). The van der Waals surface area contributed by atoms with E-state index in [1.165, 1.54) is 0 Å². The maximum absolute atomic E-state index is 12.5. The van der Waals surface area contributed by atoms with Crippen molar-refractivity contribution in [2.45, 2.75) is 18.5 Å². The molecule has 0 aromatic carbocycles. The van der Waals surface area contributed by atoms with E-state index >= 15 is 0 Å². The fourth-order valence-corrected chi connectivity index (χ4v) is 1.72. The first-order valence-corrected chi connectivity index (χ1v) is 6.44. The summed E-state index contributed by atoms with van der Waals surface area (Å²) in [4.78, 5) is 0. The summed E-state index contributed by atoms with van der Waals surface area (Å²) in [5.74, 6) is -4.46. The van der Waals surface area contributed by atoms with Crippen molar-refractivity contribution in [1.82, 2.24) is 0 Å². The molecule has 0 saturated heterocycles. The molecule has 0 amide bonds. The Morgan fingerprint density at radius 1 is 1.06 bits per heavy atom. The Balaban J connectivity index is 4.52. The molecule has 0 spiro atoms. The van der Waals surface area contributed by atoms with Crippen LogP contribution in [-0.2, 0) is 9.05 Å². The molecule has 0 heterocycles. The van der Waals surface area contributed by atoms with E-state index in [0.29, 0.717) is 0 Å². The minimum absolute atomic E-state index is 0.917. The van der Waals surface area contributed by atoms with Crippen molar-refractivity contribution >= 4 is 7.51 Å². The third-order valence-electron chi connectivity index (χ3n) is 1.65. The number of rotatable bonds is 6. The van der Waals surface area contributed by atoms with E-state index in [0.717, 1.165) is 13.7 Å². The van der Waals surface area contributed by atoms with Gasteiger partial charge < -0.3 is 9.05 Å². The molecule has 0 radical (unpaired) electrons. The number of halogens is 7. The van der Waals surface area contributed by atoms with Crippen LogP contribution < -0.4 is 0 Å². The van der Waals surface area contributed by atoms with Gasteiger partial charge in [0.25, 0.3) is 0 Å². The van der Waals surface area contributed by atoms with Crippen molar-refractivity contribution < 1.29 is 39.8 Å². The molecule has 3 nitrogen and oxygen atoms in total. The van der Waals surface area contributed by atoms with E-state index in [4.69, 9.17) is 0 Å². The highest BCUT2D eigenvalue weighted by Crippen LogP contribution is 2.49. The number of hydrogen-bond acceptors (Lipinski definition) is 3. The first-order chi connectivity index (χ1) is 7.92. The zero-order valence-electron chi connectivity index (χ0n) is 9.35. The normalized spacial score (nSPS) is 16.8. The average Bonchev–Trinajstić information content (AvgIpc) is 2.23. The SMILES string of the molecule is CN=P(C)(OCC(F)(F)F)OCC(F)(F)C(F)F. The second kappa shape index (κ2) is 6.21. The maximum Gasteiger partial charge on any atom is 0.412 e. The number of alkyl halides is 7. The molecule has 0 fully saturated rings. The van der Waals surface area contributed by atoms with Crippen molar-refractivity contribution in [2.75, 3.05) is 26.9 Å². The topological polar surface area (TPSA) is 30.8 Å². The highest BCUT2D eigenvalue weighted by molar-refractivity contribution is 7.55. The van der Waals surface area contributed by atoms with Crippen molar-refractivity contribution in [3.63, 3.8) is 0 Å². The Hall–Kier alpha value is -0.340. The van der Waals surface area contributed by atoms with Crippen LogP contribution >= 0.6 is 7.51 Å². The minimum atomic E-state index is -4.69. The fraction of sp³-hybridized carbons (Fsp3) is 1.00. The molecule has 11 heteroatoms. The van der Waals surface area contributed by atoms with E-state index in [1.807, 2.05) is 0 Å². The third kappa shape index (κ3) is 6.55. The van der Waals surface area contributed by atoms with E-state index in [-0.39, 0.29) is 0 Å². The van der Waals surface area contributed by atoms with Crippen LogP contribution in [0.3, 0.4) is 0 Å². The molecule has 18 heavy (non-hydrogen) atoms. The van der Waals surface area contributed by atoms with Crippen LogP contribution in [0.2, 0.25) is 0 Å². The summed E-state index contributed by atoms with van der Waals surface area (Å²) in [7, 11) is -2.60. The lowest BCUT2D eigenvalue weighted by Gasteiger charge is -2.23. The molecule has 110 valence electrons. The number of nitrogens with zero attached hydrogens (tertiary/aromatic N) is 1. The lowest BCUT2D eigenvalue weighted by molar-refractivity contribution is -0.160. The zero-order valence-corrected chi connectivity index (χ0v) is 10.2. The molecule has 0 saturated carbocycles. The van der Waals surface area contributed by atoms with Crippen molar-refractivity contribution in [2.24, 2.45) is 4.74 Å². The van der Waals surface area contributed by atoms with Crippen LogP contribution in [0.15, 0.2) is 4.74 Å². The van der Waals surface area contributed by atoms with Gasteiger partial charge in [-0.2, -0.15) is 22.0 Å². The third-order valence-corrected chi connectivity index (χ3v) is 3.59. The van der Waals surface area contributed by atoms with Gasteiger partial charge in [0.15, 0.2) is 6.61 Å². The Kier molecular flexibility index (Phi) is 6.09. The predicted octanol–water partition coefficient (Wildman–Crippen LogP) is 3.77. The van der Waals surface area contributed by atoms with Crippen LogP contribution in [-0.4, -0.2) is 45.5 Å². The molecule has 0 aliphatic carbocycles. The minimum Gasteiger partial charge on any atom is -0.317 e. The second-order valence-electron chi connectivity index (χ2n) is 3.23. The van der Waals surface area contributed by atoms with E-state index in [2.05, 4.69) is 13.8 Å². The van der Waals surface area contributed by atoms with Crippen molar-refractivity contribution in [3.05, 3.63) is 0 Å². The van der Waals surface area contributed by atoms with E-state index in [9.17, 15) is 30.7 Å². The van der Waals surface area contributed by atoms with Gasteiger partial charge in [-0.3, -0.25) is 4.74 Å². The molecule has 0 aliphatic heterocycles. The Labute approximate surface area is 98.5 Å². The Morgan fingerprint density at radius 3 is 1.83 bits per heavy atom. The van der Waals surface area contributed by atoms with E-state index in [1.54, 1.807) is 0 Å². The summed E-state index contributed by atoms with van der Waals surface area (Å²) in [5.41, 5.74) is 0. The van der Waals surface area contributed by atoms with Crippen molar-refractivity contribution in [1.29, 1.82) is 0 Å². The van der Waals surface area contributed by atoms with Crippen molar-refractivity contribution in [3.8, 4) is 0 Å². The first kappa shape index (κ1) is 17.7. The largest absolute Gasteiger partial charge is 0.412 e. The monoisotopic (exact) mass is 305 g/mol. The highest BCUT2D eigenvalue weighted by atomic mass is 31.2. The lowest BCUT2D eigenvalue weighted by Crippen LogP contribution is -2.32. The summed E-state index contributed by atoms with van der Waals surface area (Å²) in [6.45, 7) is -2.60. The number of hydrogen-bond donors (Lipinski definition) is 0. The van der Waals surface area contributed by atoms with Gasteiger partial charge in [-0.15, -0.1) is 0 Å². The van der Waals surface area contributed by atoms with Crippen LogP contribution in [0.1, 0.15) is 0 Å². The molecular weight excluding hydrogens is 294 g/mol. The van der Waals surface area contributed by atoms with Gasteiger partial charge in [0.2, 0.25) is 7.51 Å². The lowest BCUT2D eigenvalue weighted by atomic mass is 10.4. The summed E-state index contributed by atoms with van der Waals surface area (Å²) >= 11 is 0. The molecule has 0 aromatic rings. The van der Waals surface area contributed by atoms with Gasteiger partial charge in [0.05, 0.1) is 0 Å². The average molecular weight is 305 g/mol. The highest BCUT2D eigenvalue weighted by Gasteiger charge is 2.42. The molecule has 0 aliphatic rings. The fourth-order valence-electron chi connectivity index (χ4n) is 0.615. The van der Waals surface area contributed by atoms with Gasteiger partial charge in [0.1, 0.15) is 6.61 Å². The molecule has 1 atom stereocenters. The molecule has 0 N–H and O–H groups in total. The quantitative estimate of drug-likeness (QED) is 0.552. The van der Waals surface area contributed by atoms with Gasteiger partial charge in [0, 0.05) is 13.7 Å². The molecular formula is C7H11F7NO2P. The van der Waals surface area contributed by atoms with Crippen LogP contribution in [0.5, 0.6) is 0 Å². The summed E-state index contributed by atoms with van der Waals surface area (Å²) in [5, 5.41) is 0. The maximum atomic E-state index is 12.5.